The fourth-order valence-electron chi connectivity index (χ4n) is 3.26. The first-order chi connectivity index (χ1) is 13.5. The highest BCUT2D eigenvalue weighted by molar-refractivity contribution is 7.80. The highest BCUT2D eigenvalue weighted by Crippen LogP contribution is 2.20. The maximum atomic E-state index is 12.3. The van der Waals surface area contributed by atoms with Crippen LogP contribution in [0.4, 0.5) is 11.4 Å². The summed E-state index contributed by atoms with van der Waals surface area (Å²) in [4.78, 5) is 15.7. The molecular formula is C21H26ClN4OS+. The third-order valence-corrected chi connectivity index (χ3v) is 5.59. The molecule has 0 unspecified atom stereocenters. The third kappa shape index (κ3) is 5.67. The number of hydrogen-bond donors (Lipinski definition) is 3. The van der Waals surface area contributed by atoms with Crippen molar-refractivity contribution in [2.24, 2.45) is 0 Å². The Morgan fingerprint density at radius 2 is 1.89 bits per heavy atom. The lowest BCUT2D eigenvalue weighted by Crippen LogP contribution is -3.15. The number of rotatable bonds is 5. The minimum atomic E-state index is -0.0198. The normalized spacial score (nSPS) is 14.6. The van der Waals surface area contributed by atoms with Gasteiger partial charge in [-0.25, -0.2) is 0 Å². The van der Waals surface area contributed by atoms with Gasteiger partial charge in [-0.1, -0.05) is 42.8 Å². The van der Waals surface area contributed by atoms with Crippen LogP contribution in [0.2, 0.25) is 5.02 Å². The molecule has 3 rings (SSSR count). The van der Waals surface area contributed by atoms with Gasteiger partial charge < -0.3 is 20.4 Å². The number of nitrogens with one attached hydrogen (secondary N) is 3. The van der Waals surface area contributed by atoms with Crippen LogP contribution in [0.3, 0.4) is 0 Å². The van der Waals surface area contributed by atoms with Crippen molar-refractivity contribution in [2.45, 2.75) is 13.3 Å². The lowest BCUT2D eigenvalue weighted by molar-refractivity contribution is -0.895. The standard InChI is InChI=1S/C21H25ClN4OS/c1-2-16-6-5-7-17(14-16)23-21(28)26-12-10-25(11-13-26)15-20(27)24-19-9-4-3-8-18(19)22/h3-9,14H,2,10-13,15H2,1H3,(H,23,28)(H,24,27)/p+1. The van der Waals surface area contributed by atoms with E-state index in [4.69, 9.17) is 23.8 Å². The Hall–Kier alpha value is -2.15. The minimum absolute atomic E-state index is 0.0198. The first kappa shape index (κ1) is 20.6. The van der Waals surface area contributed by atoms with E-state index < -0.39 is 0 Å². The largest absolute Gasteiger partial charge is 0.338 e. The van der Waals surface area contributed by atoms with E-state index in [2.05, 4.69) is 34.6 Å². The van der Waals surface area contributed by atoms with Crippen LogP contribution in [0.1, 0.15) is 12.5 Å². The topological polar surface area (TPSA) is 48.8 Å². The van der Waals surface area contributed by atoms with Gasteiger partial charge in [0.15, 0.2) is 11.7 Å². The van der Waals surface area contributed by atoms with Gasteiger partial charge >= 0.3 is 0 Å². The Kier molecular flexibility index (Phi) is 7.25. The van der Waals surface area contributed by atoms with E-state index in [1.54, 1.807) is 6.07 Å². The molecule has 1 aliphatic rings. The number of quaternary nitrogens is 1. The Balaban J connectivity index is 1.45. The summed E-state index contributed by atoms with van der Waals surface area (Å²) in [5.74, 6) is -0.0198. The molecular weight excluding hydrogens is 392 g/mol. The second kappa shape index (κ2) is 9.87. The van der Waals surface area contributed by atoms with Gasteiger partial charge in [0.2, 0.25) is 0 Å². The first-order valence-electron chi connectivity index (χ1n) is 9.58. The molecule has 0 bridgehead atoms. The zero-order valence-corrected chi connectivity index (χ0v) is 17.6. The summed E-state index contributed by atoms with van der Waals surface area (Å²) < 4.78 is 0. The lowest BCUT2D eigenvalue weighted by atomic mass is 10.1. The van der Waals surface area contributed by atoms with Crippen molar-refractivity contribution in [1.82, 2.24) is 4.90 Å². The molecule has 0 aliphatic carbocycles. The van der Waals surface area contributed by atoms with Crippen molar-refractivity contribution in [2.75, 3.05) is 43.4 Å². The molecule has 0 aromatic heterocycles. The fraction of sp³-hybridized carbons (Fsp3) is 0.333. The highest BCUT2D eigenvalue weighted by Gasteiger charge is 2.24. The van der Waals surface area contributed by atoms with E-state index in [-0.39, 0.29) is 5.91 Å². The molecule has 3 N–H and O–H groups in total. The van der Waals surface area contributed by atoms with Crippen LogP contribution in [0, 0.1) is 0 Å². The van der Waals surface area contributed by atoms with Crippen LogP contribution in [0.15, 0.2) is 48.5 Å². The van der Waals surface area contributed by atoms with Crippen LogP contribution in [-0.2, 0) is 11.2 Å². The van der Waals surface area contributed by atoms with Crippen LogP contribution >= 0.6 is 23.8 Å². The summed E-state index contributed by atoms with van der Waals surface area (Å²) in [5, 5.41) is 7.52. The van der Waals surface area contributed by atoms with Crippen LogP contribution in [0.5, 0.6) is 0 Å². The van der Waals surface area contributed by atoms with Crippen molar-refractivity contribution in [3.05, 3.63) is 59.1 Å². The number of amides is 1. The molecule has 2 aromatic rings. The monoisotopic (exact) mass is 417 g/mol. The molecule has 148 valence electrons. The smallest absolute Gasteiger partial charge is 0.279 e. The number of benzene rings is 2. The van der Waals surface area contributed by atoms with E-state index in [0.29, 0.717) is 17.3 Å². The molecule has 0 saturated carbocycles. The van der Waals surface area contributed by atoms with E-state index in [1.807, 2.05) is 30.3 Å². The van der Waals surface area contributed by atoms with Crippen LogP contribution < -0.4 is 15.5 Å². The maximum Gasteiger partial charge on any atom is 0.279 e. The van der Waals surface area contributed by atoms with Gasteiger partial charge in [0.1, 0.15) is 0 Å². The summed E-state index contributed by atoms with van der Waals surface area (Å²) in [6.45, 7) is 5.96. The third-order valence-electron chi connectivity index (χ3n) is 4.90. The Morgan fingerprint density at radius 1 is 1.14 bits per heavy atom. The molecule has 1 aliphatic heterocycles. The Bertz CT molecular complexity index is 837. The number of para-hydroxylation sites is 1. The number of carbonyl (C=O) groups excluding carboxylic acids is 1. The van der Waals surface area contributed by atoms with Gasteiger partial charge in [-0.05, 0) is 48.5 Å². The molecule has 2 aromatic carbocycles. The molecule has 1 heterocycles. The summed E-state index contributed by atoms with van der Waals surface area (Å²) in [6, 6.07) is 15.6. The van der Waals surface area contributed by atoms with Crippen molar-refractivity contribution in [3.63, 3.8) is 0 Å². The number of nitrogens with zero attached hydrogens (tertiary/aromatic N) is 1. The van der Waals surface area contributed by atoms with Crippen molar-refractivity contribution in [1.29, 1.82) is 0 Å². The van der Waals surface area contributed by atoms with Crippen molar-refractivity contribution in [3.8, 4) is 0 Å². The van der Waals surface area contributed by atoms with Gasteiger partial charge in [-0.3, -0.25) is 4.79 Å². The highest BCUT2D eigenvalue weighted by atomic mass is 35.5. The number of thiocarbonyl (C=S) groups is 1. The number of hydrogen-bond acceptors (Lipinski definition) is 2. The Labute approximate surface area is 176 Å². The second-order valence-electron chi connectivity index (χ2n) is 6.93. The van der Waals surface area contributed by atoms with Gasteiger partial charge in [0.25, 0.3) is 5.91 Å². The molecule has 1 saturated heterocycles. The number of carbonyl (C=O) groups is 1. The fourth-order valence-corrected chi connectivity index (χ4v) is 3.74. The van der Waals surface area contributed by atoms with Gasteiger partial charge in [0, 0.05) is 5.69 Å². The number of halogens is 1. The zero-order chi connectivity index (χ0) is 19.9. The molecule has 7 heteroatoms. The number of anilines is 2. The second-order valence-corrected chi connectivity index (χ2v) is 7.72. The van der Waals surface area contributed by atoms with E-state index >= 15 is 0 Å². The number of piperazine rings is 1. The van der Waals surface area contributed by atoms with E-state index in [1.165, 1.54) is 10.5 Å². The molecule has 28 heavy (non-hydrogen) atoms. The molecule has 0 spiro atoms. The predicted octanol–water partition coefficient (Wildman–Crippen LogP) is 2.44. The van der Waals surface area contributed by atoms with E-state index in [0.717, 1.165) is 43.4 Å². The minimum Gasteiger partial charge on any atom is -0.338 e. The maximum absolute atomic E-state index is 12.3. The average Bonchev–Trinajstić information content (AvgIpc) is 2.70. The average molecular weight is 418 g/mol. The summed E-state index contributed by atoms with van der Waals surface area (Å²) in [6.07, 6.45) is 1.00. The quantitative estimate of drug-likeness (QED) is 0.654. The van der Waals surface area contributed by atoms with E-state index in [9.17, 15) is 4.79 Å². The van der Waals surface area contributed by atoms with Crippen LogP contribution in [-0.4, -0.2) is 48.6 Å². The summed E-state index contributed by atoms with van der Waals surface area (Å²) >= 11 is 11.7. The van der Waals surface area contributed by atoms with Gasteiger partial charge in [0.05, 0.1) is 36.9 Å². The molecule has 0 atom stereocenters. The Morgan fingerprint density at radius 3 is 2.61 bits per heavy atom. The van der Waals surface area contributed by atoms with Gasteiger partial charge in [-0.2, -0.15) is 0 Å². The lowest BCUT2D eigenvalue weighted by Gasteiger charge is -2.33. The van der Waals surface area contributed by atoms with Crippen molar-refractivity contribution < 1.29 is 9.69 Å². The summed E-state index contributed by atoms with van der Waals surface area (Å²) in [5.41, 5.74) is 2.97. The van der Waals surface area contributed by atoms with Crippen molar-refractivity contribution >= 4 is 46.2 Å². The van der Waals surface area contributed by atoms with Crippen LogP contribution in [0.25, 0.3) is 0 Å². The number of aryl methyl sites for hydroxylation is 1. The first-order valence-corrected chi connectivity index (χ1v) is 10.4. The molecule has 5 nitrogen and oxygen atoms in total. The van der Waals surface area contributed by atoms with Gasteiger partial charge in [-0.15, -0.1) is 0 Å². The zero-order valence-electron chi connectivity index (χ0n) is 16.0. The molecule has 0 radical (unpaired) electrons. The summed E-state index contributed by atoms with van der Waals surface area (Å²) in [7, 11) is 0. The molecule has 1 amide bonds. The predicted molar refractivity (Wildman–Crippen MR) is 119 cm³/mol. The SMILES string of the molecule is CCc1cccc(NC(=S)N2CC[NH+](CC(=O)Nc3ccccc3Cl)CC2)c1. The molecule has 1 fully saturated rings.